The van der Waals surface area contributed by atoms with Crippen molar-refractivity contribution in [1.82, 2.24) is 14.5 Å². The van der Waals surface area contributed by atoms with Crippen molar-refractivity contribution in [1.29, 1.82) is 0 Å². The summed E-state index contributed by atoms with van der Waals surface area (Å²) in [5, 5.41) is 5.43. The Morgan fingerprint density at radius 3 is 3.21 bits per heavy atom. The molecule has 1 aromatic rings. The van der Waals surface area contributed by atoms with E-state index in [9.17, 15) is 4.79 Å². The predicted molar refractivity (Wildman–Crippen MR) is 54.6 cm³/mol. The van der Waals surface area contributed by atoms with Crippen LogP contribution in [0.4, 0.5) is 0 Å². The van der Waals surface area contributed by atoms with Crippen LogP contribution in [0.3, 0.4) is 0 Å². The number of hydrogen-bond donors (Lipinski definition) is 0. The summed E-state index contributed by atoms with van der Waals surface area (Å²) in [5.74, 6) is 1.04. The van der Waals surface area contributed by atoms with Crippen molar-refractivity contribution in [3.05, 3.63) is 11.1 Å². The average molecular weight is 232 g/mol. The third-order valence-corrected chi connectivity index (χ3v) is 3.31. The van der Waals surface area contributed by atoms with E-state index < -0.39 is 0 Å². The van der Waals surface area contributed by atoms with Gasteiger partial charge in [-0.05, 0) is 23.9 Å². The zero-order valence-corrected chi connectivity index (χ0v) is 9.09. The second-order valence-corrected chi connectivity index (χ2v) is 4.27. The molecule has 1 aliphatic rings. The maximum Gasteiger partial charge on any atom is 0.275 e. The number of halogens is 1. The van der Waals surface area contributed by atoms with E-state index >= 15 is 0 Å². The summed E-state index contributed by atoms with van der Waals surface area (Å²) < 4.78 is 3.67. The molecule has 1 aromatic heterocycles. The maximum atomic E-state index is 11.8. The third-order valence-electron chi connectivity index (χ3n) is 2.37. The van der Waals surface area contributed by atoms with E-state index in [1.54, 1.807) is 10.3 Å². The summed E-state index contributed by atoms with van der Waals surface area (Å²) in [6.07, 6.45) is 0.993. The first-order chi connectivity index (χ1) is 6.81. The molecule has 1 fully saturated rings. The van der Waals surface area contributed by atoms with Crippen LogP contribution in [0.25, 0.3) is 0 Å². The first-order valence-corrected chi connectivity index (χ1v) is 5.80. The van der Waals surface area contributed by atoms with Gasteiger partial charge in [0, 0.05) is 24.3 Å². The molecular formula is C8H10ClN3OS. The SMILES string of the molecule is O=C(c1csnn1)N1CCC(CCl)C1. The van der Waals surface area contributed by atoms with Crippen LogP contribution in [0.15, 0.2) is 5.38 Å². The van der Waals surface area contributed by atoms with Crippen molar-refractivity contribution in [2.45, 2.75) is 6.42 Å². The quantitative estimate of drug-likeness (QED) is 0.720. The van der Waals surface area contributed by atoms with Crippen molar-refractivity contribution in [2.24, 2.45) is 5.92 Å². The van der Waals surface area contributed by atoms with Gasteiger partial charge in [0.25, 0.3) is 5.91 Å². The number of carbonyl (C=O) groups is 1. The van der Waals surface area contributed by atoms with Gasteiger partial charge in [0.1, 0.15) is 0 Å². The fourth-order valence-electron chi connectivity index (χ4n) is 1.56. The molecule has 2 heterocycles. The first kappa shape index (κ1) is 9.86. The highest BCUT2D eigenvalue weighted by molar-refractivity contribution is 7.03. The first-order valence-electron chi connectivity index (χ1n) is 4.43. The summed E-state index contributed by atoms with van der Waals surface area (Å²) in [6, 6.07) is 0. The molecule has 1 saturated heterocycles. The van der Waals surface area contributed by atoms with Crippen molar-refractivity contribution in [3.63, 3.8) is 0 Å². The molecule has 0 aromatic carbocycles. The zero-order valence-electron chi connectivity index (χ0n) is 7.52. The van der Waals surface area contributed by atoms with Crippen LogP contribution >= 0.6 is 23.1 Å². The number of rotatable bonds is 2. The second kappa shape index (κ2) is 4.23. The van der Waals surface area contributed by atoms with Crippen LogP contribution in [-0.2, 0) is 0 Å². The lowest BCUT2D eigenvalue weighted by atomic mass is 10.2. The van der Waals surface area contributed by atoms with Crippen molar-refractivity contribution >= 4 is 29.0 Å². The van der Waals surface area contributed by atoms with E-state index in [2.05, 4.69) is 9.59 Å². The van der Waals surface area contributed by atoms with Gasteiger partial charge in [-0.2, -0.15) is 0 Å². The summed E-state index contributed by atoms with van der Waals surface area (Å²) in [7, 11) is 0. The van der Waals surface area contributed by atoms with Gasteiger partial charge in [-0.25, -0.2) is 0 Å². The monoisotopic (exact) mass is 231 g/mol. The molecule has 0 spiro atoms. The van der Waals surface area contributed by atoms with Gasteiger partial charge < -0.3 is 4.90 Å². The molecule has 0 saturated carbocycles. The number of alkyl halides is 1. The van der Waals surface area contributed by atoms with E-state index in [0.29, 0.717) is 17.5 Å². The summed E-state index contributed by atoms with van der Waals surface area (Å²) >= 11 is 6.94. The highest BCUT2D eigenvalue weighted by Gasteiger charge is 2.27. The smallest absolute Gasteiger partial charge is 0.275 e. The number of nitrogens with zero attached hydrogens (tertiary/aromatic N) is 3. The Labute approximate surface area is 91.0 Å². The molecule has 76 valence electrons. The molecule has 0 radical (unpaired) electrons. The van der Waals surface area contributed by atoms with Crippen LogP contribution in [0.2, 0.25) is 0 Å². The molecule has 0 aliphatic carbocycles. The Balaban J connectivity index is 2.00. The average Bonchev–Trinajstić information content (AvgIpc) is 2.88. The zero-order chi connectivity index (χ0) is 9.97. The fraction of sp³-hybridized carbons (Fsp3) is 0.625. The van der Waals surface area contributed by atoms with Crippen LogP contribution in [0.5, 0.6) is 0 Å². The Morgan fingerprint density at radius 2 is 2.64 bits per heavy atom. The van der Waals surface area contributed by atoms with Crippen LogP contribution in [0, 0.1) is 5.92 Å². The Morgan fingerprint density at radius 1 is 1.79 bits per heavy atom. The van der Waals surface area contributed by atoms with Gasteiger partial charge in [0.2, 0.25) is 0 Å². The molecule has 1 amide bonds. The third kappa shape index (κ3) is 1.88. The molecule has 2 rings (SSSR count). The van der Waals surface area contributed by atoms with Gasteiger partial charge in [-0.15, -0.1) is 16.7 Å². The minimum Gasteiger partial charge on any atom is -0.337 e. The van der Waals surface area contributed by atoms with Gasteiger partial charge in [0.15, 0.2) is 5.69 Å². The molecule has 1 atom stereocenters. The number of hydrogen-bond acceptors (Lipinski definition) is 4. The van der Waals surface area contributed by atoms with Crippen molar-refractivity contribution in [2.75, 3.05) is 19.0 Å². The lowest BCUT2D eigenvalue weighted by molar-refractivity contribution is 0.0782. The minimum atomic E-state index is -0.0219. The van der Waals surface area contributed by atoms with Gasteiger partial charge in [0.05, 0.1) is 0 Å². The molecule has 1 aliphatic heterocycles. The molecule has 14 heavy (non-hydrogen) atoms. The standard InChI is InChI=1S/C8H10ClN3OS/c9-3-6-1-2-12(4-6)8(13)7-5-14-11-10-7/h5-6H,1-4H2. The molecule has 4 nitrogen and oxygen atoms in total. The van der Waals surface area contributed by atoms with E-state index in [4.69, 9.17) is 11.6 Å². The van der Waals surface area contributed by atoms with E-state index in [0.717, 1.165) is 19.5 Å². The van der Waals surface area contributed by atoms with Crippen molar-refractivity contribution in [3.8, 4) is 0 Å². The topological polar surface area (TPSA) is 46.1 Å². The minimum absolute atomic E-state index is 0.0219. The second-order valence-electron chi connectivity index (χ2n) is 3.35. The van der Waals surface area contributed by atoms with E-state index in [1.165, 1.54) is 11.5 Å². The highest BCUT2D eigenvalue weighted by Crippen LogP contribution is 2.19. The van der Waals surface area contributed by atoms with Crippen LogP contribution < -0.4 is 0 Å². The normalized spacial score (nSPS) is 21.5. The lowest BCUT2D eigenvalue weighted by Gasteiger charge is -2.13. The molecule has 6 heteroatoms. The summed E-state index contributed by atoms with van der Waals surface area (Å²) in [5.41, 5.74) is 0.449. The van der Waals surface area contributed by atoms with Gasteiger partial charge >= 0.3 is 0 Å². The van der Waals surface area contributed by atoms with Gasteiger partial charge in [-0.1, -0.05) is 4.49 Å². The highest BCUT2D eigenvalue weighted by atomic mass is 35.5. The number of likely N-dealkylation sites (tertiary alicyclic amines) is 1. The predicted octanol–water partition coefficient (Wildman–Crippen LogP) is 1.24. The molecular weight excluding hydrogens is 222 g/mol. The maximum absolute atomic E-state index is 11.8. The summed E-state index contributed by atoms with van der Waals surface area (Å²) in [4.78, 5) is 13.6. The molecule has 0 bridgehead atoms. The number of amides is 1. The Hall–Kier alpha value is -0.680. The molecule has 0 N–H and O–H groups in total. The Kier molecular flexibility index (Phi) is 2.98. The van der Waals surface area contributed by atoms with Crippen LogP contribution in [0.1, 0.15) is 16.9 Å². The van der Waals surface area contributed by atoms with Crippen molar-refractivity contribution < 1.29 is 4.79 Å². The fourth-order valence-corrected chi connectivity index (χ4v) is 2.24. The summed E-state index contributed by atoms with van der Waals surface area (Å²) in [6.45, 7) is 1.54. The lowest BCUT2D eigenvalue weighted by Crippen LogP contribution is -2.29. The van der Waals surface area contributed by atoms with Gasteiger partial charge in [-0.3, -0.25) is 4.79 Å². The van der Waals surface area contributed by atoms with Crippen LogP contribution in [-0.4, -0.2) is 39.4 Å². The number of aromatic nitrogens is 2. The molecule has 1 unspecified atom stereocenters. The number of carbonyl (C=O) groups excluding carboxylic acids is 1. The van der Waals surface area contributed by atoms with E-state index in [1.807, 2.05) is 0 Å². The largest absolute Gasteiger partial charge is 0.337 e. The Bertz CT molecular complexity index is 316. The van der Waals surface area contributed by atoms with E-state index in [-0.39, 0.29) is 5.91 Å².